The van der Waals surface area contributed by atoms with Crippen LogP contribution in [-0.4, -0.2) is 8.07 Å². The van der Waals surface area contributed by atoms with Crippen molar-refractivity contribution in [3.05, 3.63) is 54.1 Å². The topological polar surface area (TPSA) is 0 Å². The molecule has 18 heavy (non-hydrogen) atoms. The highest BCUT2D eigenvalue weighted by Crippen LogP contribution is 2.32. The van der Waals surface area contributed by atoms with Crippen LogP contribution in [0.25, 0.3) is 0 Å². The van der Waals surface area contributed by atoms with Crippen molar-refractivity contribution in [1.82, 2.24) is 0 Å². The molecular weight excluding hydrogens is 232 g/mol. The van der Waals surface area contributed by atoms with Crippen LogP contribution in [0.3, 0.4) is 0 Å². The maximum atomic E-state index is 2.52. The zero-order valence-electron chi connectivity index (χ0n) is 11.8. The van der Waals surface area contributed by atoms with E-state index in [1.807, 2.05) is 0 Å². The van der Waals surface area contributed by atoms with Gasteiger partial charge < -0.3 is 0 Å². The molecule has 0 aromatic heterocycles. The van der Waals surface area contributed by atoms with Gasteiger partial charge in [0.1, 0.15) is 0 Å². The van der Waals surface area contributed by atoms with E-state index in [0.717, 1.165) is 0 Å². The molecule has 0 nitrogen and oxygen atoms in total. The average Bonchev–Trinajstić information content (AvgIpc) is 2.87. The zero-order chi connectivity index (χ0) is 13.0. The lowest BCUT2D eigenvalue weighted by molar-refractivity contribution is 0.798. The van der Waals surface area contributed by atoms with Crippen LogP contribution >= 0.6 is 0 Å². The molecule has 0 N–H and O–H groups in total. The maximum absolute atomic E-state index is 2.52. The molecule has 1 atom stereocenters. The Morgan fingerprint density at radius 3 is 2.50 bits per heavy atom. The zero-order valence-corrected chi connectivity index (χ0v) is 12.8. The standard InChI is InChI=1S/C17H24Si/c1-4-5-9-15-12-13-17(14-15)18(2,3)16-10-7-6-8-11-16/h6-8,10-14,17H,4-5,9H2,1-3H3. The van der Waals surface area contributed by atoms with Gasteiger partial charge in [-0.3, -0.25) is 0 Å². The summed E-state index contributed by atoms with van der Waals surface area (Å²) in [6, 6.07) is 11.1. The van der Waals surface area contributed by atoms with Gasteiger partial charge in [-0.15, -0.1) is 0 Å². The lowest BCUT2D eigenvalue weighted by Gasteiger charge is -2.27. The molecule has 0 heterocycles. The first-order valence-corrected chi connectivity index (χ1v) is 10.2. The molecule has 0 saturated carbocycles. The van der Waals surface area contributed by atoms with E-state index in [4.69, 9.17) is 0 Å². The van der Waals surface area contributed by atoms with Crippen molar-refractivity contribution >= 4 is 13.3 Å². The summed E-state index contributed by atoms with van der Waals surface area (Å²) in [5.41, 5.74) is 2.23. The number of hydrogen-bond acceptors (Lipinski definition) is 0. The van der Waals surface area contributed by atoms with Crippen molar-refractivity contribution in [2.24, 2.45) is 0 Å². The van der Waals surface area contributed by atoms with Crippen LogP contribution in [0.1, 0.15) is 26.2 Å². The van der Waals surface area contributed by atoms with Crippen molar-refractivity contribution < 1.29 is 0 Å². The molecule has 0 saturated heterocycles. The summed E-state index contributed by atoms with van der Waals surface area (Å²) in [6.45, 7) is 7.23. The smallest absolute Gasteiger partial charge is 0.0797 e. The number of benzene rings is 1. The average molecular weight is 256 g/mol. The summed E-state index contributed by atoms with van der Waals surface area (Å²) in [6.07, 6.45) is 11.2. The molecule has 1 aromatic carbocycles. The minimum Gasteiger partial charge on any atom is -0.0797 e. The first-order chi connectivity index (χ1) is 8.64. The molecule has 0 radical (unpaired) electrons. The van der Waals surface area contributed by atoms with E-state index < -0.39 is 8.07 Å². The lowest BCUT2D eigenvalue weighted by atomic mass is 10.1. The summed E-state index contributed by atoms with van der Waals surface area (Å²) in [7, 11) is -1.39. The van der Waals surface area contributed by atoms with E-state index >= 15 is 0 Å². The molecule has 0 spiro atoms. The predicted octanol–water partition coefficient (Wildman–Crippen LogP) is 4.66. The van der Waals surface area contributed by atoms with Crippen LogP contribution in [0.4, 0.5) is 0 Å². The second kappa shape index (κ2) is 5.70. The fraction of sp³-hybridized carbons (Fsp3) is 0.412. The molecular formula is C17H24Si. The van der Waals surface area contributed by atoms with Crippen LogP contribution in [0.5, 0.6) is 0 Å². The molecule has 1 aliphatic carbocycles. The SMILES string of the molecule is CCCCC1=CC([Si](C)(C)c2ccccc2)C=C1. The van der Waals surface area contributed by atoms with Gasteiger partial charge in [-0.25, -0.2) is 0 Å². The van der Waals surface area contributed by atoms with Gasteiger partial charge in [0.2, 0.25) is 0 Å². The van der Waals surface area contributed by atoms with Crippen LogP contribution in [0, 0.1) is 0 Å². The Hall–Kier alpha value is -1.08. The summed E-state index contributed by atoms with van der Waals surface area (Å²) in [5, 5.41) is 1.56. The fourth-order valence-corrected chi connectivity index (χ4v) is 5.27. The highest BCUT2D eigenvalue weighted by atomic mass is 28.3. The Morgan fingerprint density at radius 2 is 1.83 bits per heavy atom. The van der Waals surface area contributed by atoms with Gasteiger partial charge in [0.15, 0.2) is 0 Å². The van der Waals surface area contributed by atoms with Crippen LogP contribution in [0.2, 0.25) is 18.6 Å². The molecule has 1 aromatic rings. The van der Waals surface area contributed by atoms with Crippen molar-refractivity contribution in [1.29, 1.82) is 0 Å². The Morgan fingerprint density at radius 1 is 1.11 bits per heavy atom. The highest BCUT2D eigenvalue weighted by Gasteiger charge is 2.32. The third-order valence-corrected chi connectivity index (χ3v) is 7.93. The Kier molecular flexibility index (Phi) is 4.23. The molecule has 0 fully saturated rings. The van der Waals surface area contributed by atoms with Gasteiger partial charge in [-0.05, 0) is 18.4 Å². The summed E-state index contributed by atoms with van der Waals surface area (Å²) >= 11 is 0. The number of allylic oxidation sites excluding steroid dienone is 4. The van der Waals surface area contributed by atoms with E-state index in [0.29, 0.717) is 5.54 Å². The molecule has 96 valence electrons. The molecule has 2 rings (SSSR count). The van der Waals surface area contributed by atoms with E-state index in [9.17, 15) is 0 Å². The lowest BCUT2D eigenvalue weighted by Crippen LogP contribution is -2.44. The first-order valence-electron chi connectivity index (χ1n) is 7.09. The van der Waals surface area contributed by atoms with Crippen molar-refractivity contribution in [3.8, 4) is 0 Å². The van der Waals surface area contributed by atoms with E-state index in [-0.39, 0.29) is 0 Å². The normalized spacial score (nSPS) is 19.1. The van der Waals surface area contributed by atoms with Gasteiger partial charge >= 0.3 is 0 Å². The largest absolute Gasteiger partial charge is 0.0911 e. The summed E-state index contributed by atoms with van der Waals surface area (Å²) in [4.78, 5) is 0. The van der Waals surface area contributed by atoms with Gasteiger partial charge in [0.05, 0.1) is 8.07 Å². The predicted molar refractivity (Wildman–Crippen MR) is 84.1 cm³/mol. The monoisotopic (exact) mass is 256 g/mol. The minimum atomic E-state index is -1.39. The van der Waals surface area contributed by atoms with Gasteiger partial charge in [-0.1, -0.05) is 85.8 Å². The summed E-state index contributed by atoms with van der Waals surface area (Å²) in [5.74, 6) is 0. The fourth-order valence-electron chi connectivity index (χ4n) is 2.63. The second-order valence-electron chi connectivity index (χ2n) is 5.82. The molecule has 1 aliphatic rings. The Bertz CT molecular complexity index is 440. The summed E-state index contributed by atoms with van der Waals surface area (Å²) < 4.78 is 0. The Balaban J connectivity index is 2.13. The minimum absolute atomic E-state index is 0.673. The number of rotatable bonds is 5. The number of unbranched alkanes of at least 4 members (excludes halogenated alkanes) is 1. The third kappa shape index (κ3) is 2.84. The Labute approximate surface area is 112 Å². The van der Waals surface area contributed by atoms with Gasteiger partial charge in [0.25, 0.3) is 0 Å². The second-order valence-corrected chi connectivity index (χ2v) is 10.5. The maximum Gasteiger partial charge on any atom is 0.0911 e. The molecule has 0 amide bonds. The van der Waals surface area contributed by atoms with Crippen LogP contribution in [0.15, 0.2) is 54.1 Å². The van der Waals surface area contributed by atoms with Crippen LogP contribution < -0.4 is 5.19 Å². The van der Waals surface area contributed by atoms with Crippen molar-refractivity contribution in [2.45, 2.75) is 44.8 Å². The highest BCUT2D eigenvalue weighted by molar-refractivity contribution is 6.91. The van der Waals surface area contributed by atoms with Crippen molar-refractivity contribution in [3.63, 3.8) is 0 Å². The number of hydrogen-bond donors (Lipinski definition) is 0. The molecule has 0 bridgehead atoms. The van der Waals surface area contributed by atoms with Gasteiger partial charge in [0, 0.05) is 0 Å². The van der Waals surface area contributed by atoms with E-state index in [1.54, 1.807) is 10.8 Å². The van der Waals surface area contributed by atoms with Crippen molar-refractivity contribution in [2.75, 3.05) is 0 Å². The molecule has 0 aliphatic heterocycles. The first kappa shape index (κ1) is 13.4. The third-order valence-electron chi connectivity index (χ3n) is 4.08. The van der Waals surface area contributed by atoms with Gasteiger partial charge in [-0.2, -0.15) is 0 Å². The molecule has 1 heteroatoms. The molecule has 1 unspecified atom stereocenters. The van der Waals surface area contributed by atoms with E-state index in [1.165, 1.54) is 19.3 Å². The van der Waals surface area contributed by atoms with Crippen LogP contribution in [-0.2, 0) is 0 Å². The quantitative estimate of drug-likeness (QED) is 0.672. The van der Waals surface area contributed by atoms with E-state index in [2.05, 4.69) is 68.6 Å².